The van der Waals surface area contributed by atoms with Gasteiger partial charge in [0, 0.05) is 0 Å². The maximum absolute atomic E-state index is 10.8. The van der Waals surface area contributed by atoms with E-state index in [4.69, 9.17) is 5.11 Å². The summed E-state index contributed by atoms with van der Waals surface area (Å²) in [5.41, 5.74) is -0.234. The maximum atomic E-state index is 10.8. The van der Waals surface area contributed by atoms with Crippen LogP contribution in [-0.2, 0) is 0 Å². The summed E-state index contributed by atoms with van der Waals surface area (Å²) in [5, 5.41) is 26.4. The third kappa shape index (κ3) is 1.95. The summed E-state index contributed by atoms with van der Waals surface area (Å²) >= 11 is 0. The highest BCUT2D eigenvalue weighted by Gasteiger charge is 2.28. The van der Waals surface area contributed by atoms with E-state index < -0.39 is 22.4 Å². The van der Waals surface area contributed by atoms with E-state index in [9.17, 15) is 14.9 Å². The van der Waals surface area contributed by atoms with E-state index in [0.29, 0.717) is 5.69 Å². The number of aromatic carboxylic acids is 1. The fraction of sp³-hybridized carbons (Fsp3) is 0. The van der Waals surface area contributed by atoms with Gasteiger partial charge in [-0.15, -0.1) is 5.10 Å². The van der Waals surface area contributed by atoms with Gasteiger partial charge in [-0.05, 0) is 17.1 Å². The highest BCUT2D eigenvalue weighted by Crippen LogP contribution is 2.15. The second-order valence-electron chi connectivity index (χ2n) is 3.06. The number of rotatable bonds is 3. The van der Waals surface area contributed by atoms with Crippen molar-refractivity contribution in [1.29, 1.82) is 0 Å². The van der Waals surface area contributed by atoms with Gasteiger partial charge in [-0.3, -0.25) is 0 Å². The summed E-state index contributed by atoms with van der Waals surface area (Å²) in [7, 11) is 0. The SMILES string of the molecule is O=C(O)c1nn(-c2ccccc2)nc1[N+](=O)[O-]. The summed E-state index contributed by atoms with van der Waals surface area (Å²) in [4.78, 5) is 21.4. The second kappa shape index (κ2) is 4.00. The zero-order chi connectivity index (χ0) is 12.4. The quantitative estimate of drug-likeness (QED) is 0.623. The average molecular weight is 234 g/mol. The molecule has 17 heavy (non-hydrogen) atoms. The minimum absolute atomic E-state index is 0.447. The van der Waals surface area contributed by atoms with Crippen LogP contribution in [0.2, 0.25) is 0 Å². The number of nitro groups is 1. The number of aromatic nitrogens is 3. The van der Waals surface area contributed by atoms with Crippen LogP contribution in [0.5, 0.6) is 0 Å². The minimum atomic E-state index is -1.49. The van der Waals surface area contributed by atoms with Crippen LogP contribution >= 0.6 is 0 Å². The Morgan fingerprint density at radius 3 is 2.41 bits per heavy atom. The summed E-state index contributed by atoms with van der Waals surface area (Å²) in [6.45, 7) is 0. The molecule has 1 N–H and O–H groups in total. The first-order valence-electron chi connectivity index (χ1n) is 4.50. The lowest BCUT2D eigenvalue weighted by Gasteiger charge is -1.91. The Labute approximate surface area is 94.3 Å². The molecule has 0 aliphatic rings. The lowest BCUT2D eigenvalue weighted by molar-refractivity contribution is -0.390. The van der Waals surface area contributed by atoms with Crippen molar-refractivity contribution in [2.75, 3.05) is 0 Å². The molecular weight excluding hydrogens is 228 g/mol. The van der Waals surface area contributed by atoms with Crippen LogP contribution in [0.4, 0.5) is 5.82 Å². The first-order chi connectivity index (χ1) is 8.09. The summed E-state index contributed by atoms with van der Waals surface area (Å²) in [6, 6.07) is 8.33. The van der Waals surface area contributed by atoms with E-state index in [1.165, 1.54) is 0 Å². The normalized spacial score (nSPS) is 10.1. The Morgan fingerprint density at radius 2 is 1.94 bits per heavy atom. The van der Waals surface area contributed by atoms with E-state index in [2.05, 4.69) is 10.2 Å². The highest BCUT2D eigenvalue weighted by molar-refractivity contribution is 5.88. The zero-order valence-electron chi connectivity index (χ0n) is 8.35. The van der Waals surface area contributed by atoms with Gasteiger partial charge in [0.25, 0.3) is 5.69 Å². The predicted molar refractivity (Wildman–Crippen MR) is 55.0 cm³/mol. The van der Waals surface area contributed by atoms with E-state index in [-0.39, 0.29) is 0 Å². The van der Waals surface area contributed by atoms with Crippen LogP contribution < -0.4 is 0 Å². The van der Waals surface area contributed by atoms with Gasteiger partial charge in [0.2, 0.25) is 0 Å². The van der Waals surface area contributed by atoms with Crippen molar-refractivity contribution in [2.45, 2.75) is 0 Å². The molecule has 0 radical (unpaired) electrons. The number of carboxylic acid groups (broad SMARTS) is 1. The zero-order valence-corrected chi connectivity index (χ0v) is 8.35. The van der Waals surface area contributed by atoms with E-state index in [1.807, 2.05) is 0 Å². The number of para-hydroxylation sites is 1. The van der Waals surface area contributed by atoms with Crippen LogP contribution in [0.25, 0.3) is 5.69 Å². The molecule has 8 heteroatoms. The Morgan fingerprint density at radius 1 is 1.29 bits per heavy atom. The van der Waals surface area contributed by atoms with Gasteiger partial charge < -0.3 is 15.2 Å². The standard InChI is InChI=1S/C9H6N4O4/c14-9(15)7-8(13(16)17)11-12(10-7)6-4-2-1-3-5-6/h1-5H,(H,14,15). The molecule has 8 nitrogen and oxygen atoms in total. The topological polar surface area (TPSA) is 111 Å². The molecule has 0 unspecified atom stereocenters. The Kier molecular flexibility index (Phi) is 2.53. The van der Waals surface area contributed by atoms with Gasteiger partial charge >= 0.3 is 11.8 Å². The molecule has 1 aromatic carbocycles. The largest absolute Gasteiger partial charge is 0.476 e. The summed E-state index contributed by atoms with van der Waals surface area (Å²) in [6.07, 6.45) is 0. The molecule has 0 atom stereocenters. The number of carboxylic acids is 1. The van der Waals surface area contributed by atoms with Crippen LogP contribution in [0.15, 0.2) is 30.3 Å². The smallest absolute Gasteiger partial charge is 0.425 e. The van der Waals surface area contributed by atoms with Gasteiger partial charge in [0.1, 0.15) is 5.69 Å². The molecule has 0 spiro atoms. The third-order valence-electron chi connectivity index (χ3n) is 1.96. The van der Waals surface area contributed by atoms with E-state index in [1.54, 1.807) is 30.3 Å². The number of carbonyl (C=O) groups is 1. The fourth-order valence-electron chi connectivity index (χ4n) is 1.24. The van der Waals surface area contributed by atoms with Crippen molar-refractivity contribution in [3.63, 3.8) is 0 Å². The van der Waals surface area contributed by atoms with Crippen molar-refractivity contribution in [3.05, 3.63) is 46.1 Å². The van der Waals surface area contributed by atoms with E-state index >= 15 is 0 Å². The Bertz CT molecular complexity index is 546. The van der Waals surface area contributed by atoms with Crippen LogP contribution in [0, 0.1) is 10.1 Å². The molecule has 2 aromatic rings. The monoisotopic (exact) mass is 234 g/mol. The molecule has 1 heterocycles. The van der Waals surface area contributed by atoms with Crippen LogP contribution in [0.1, 0.15) is 10.5 Å². The Hall–Kier alpha value is -2.77. The number of nitrogens with zero attached hydrogens (tertiary/aromatic N) is 4. The predicted octanol–water partition coefficient (Wildman–Crippen LogP) is 0.874. The van der Waals surface area contributed by atoms with Crippen molar-refractivity contribution < 1.29 is 14.8 Å². The average Bonchev–Trinajstić information content (AvgIpc) is 2.75. The van der Waals surface area contributed by atoms with Crippen molar-refractivity contribution in [3.8, 4) is 5.69 Å². The molecule has 0 aliphatic carbocycles. The molecule has 1 aromatic heterocycles. The van der Waals surface area contributed by atoms with Crippen molar-refractivity contribution in [2.24, 2.45) is 0 Å². The molecule has 0 saturated carbocycles. The lowest BCUT2D eigenvalue weighted by Crippen LogP contribution is -2.02. The minimum Gasteiger partial charge on any atom is -0.476 e. The van der Waals surface area contributed by atoms with Crippen molar-refractivity contribution >= 4 is 11.8 Å². The van der Waals surface area contributed by atoms with Crippen LogP contribution in [0.3, 0.4) is 0 Å². The van der Waals surface area contributed by atoms with Gasteiger partial charge in [-0.25, -0.2) is 4.79 Å². The molecule has 0 bridgehead atoms. The summed E-state index contributed by atoms with van der Waals surface area (Å²) < 4.78 is 0. The molecule has 86 valence electrons. The first-order valence-corrected chi connectivity index (χ1v) is 4.50. The van der Waals surface area contributed by atoms with Gasteiger partial charge in [0.15, 0.2) is 0 Å². The fourth-order valence-corrected chi connectivity index (χ4v) is 1.24. The second-order valence-corrected chi connectivity index (χ2v) is 3.06. The summed E-state index contributed by atoms with van der Waals surface area (Å²) in [5.74, 6) is -2.26. The van der Waals surface area contributed by atoms with Crippen LogP contribution in [-0.4, -0.2) is 31.0 Å². The highest BCUT2D eigenvalue weighted by atomic mass is 16.6. The lowest BCUT2D eigenvalue weighted by atomic mass is 10.3. The molecule has 0 aliphatic heterocycles. The molecule has 0 saturated heterocycles. The molecule has 2 rings (SSSR count). The molecule has 0 amide bonds. The third-order valence-corrected chi connectivity index (χ3v) is 1.96. The van der Waals surface area contributed by atoms with Crippen molar-refractivity contribution in [1.82, 2.24) is 15.0 Å². The molecule has 0 fully saturated rings. The van der Waals surface area contributed by atoms with Gasteiger partial charge in [0.05, 0.1) is 5.10 Å². The van der Waals surface area contributed by atoms with Gasteiger partial charge in [-0.2, -0.15) is 0 Å². The maximum Gasteiger partial charge on any atom is 0.425 e. The number of benzene rings is 1. The molecular formula is C9H6N4O4. The Balaban J connectivity index is 2.55. The number of hydrogen-bond acceptors (Lipinski definition) is 5. The number of hydrogen-bond donors (Lipinski definition) is 1. The van der Waals surface area contributed by atoms with Gasteiger partial charge in [-0.1, -0.05) is 23.0 Å². The first kappa shape index (κ1) is 10.7. The van der Waals surface area contributed by atoms with E-state index in [0.717, 1.165) is 4.80 Å².